The number of carbonyl (C=O) groups excluding carboxylic acids is 1. The van der Waals surface area contributed by atoms with Gasteiger partial charge in [-0.1, -0.05) is 0 Å². The zero-order chi connectivity index (χ0) is 9.56. The molecule has 0 aliphatic carbocycles. The molecule has 1 amide bonds. The second kappa shape index (κ2) is 6.10. The summed E-state index contributed by atoms with van der Waals surface area (Å²) in [6.07, 6.45) is 0.390. The predicted octanol–water partition coefficient (Wildman–Crippen LogP) is -2.20. The SMILES string of the molecule is CS(=O)CCNC(=O)C(O)CN. The van der Waals surface area contributed by atoms with E-state index in [-0.39, 0.29) is 6.54 Å². The van der Waals surface area contributed by atoms with Crippen molar-refractivity contribution in [1.82, 2.24) is 5.32 Å². The van der Waals surface area contributed by atoms with Gasteiger partial charge in [-0.15, -0.1) is 0 Å². The van der Waals surface area contributed by atoms with E-state index >= 15 is 0 Å². The van der Waals surface area contributed by atoms with Crippen LogP contribution >= 0.6 is 0 Å². The number of carbonyl (C=O) groups is 1. The van der Waals surface area contributed by atoms with Crippen molar-refractivity contribution in [3.8, 4) is 0 Å². The first kappa shape index (κ1) is 11.5. The van der Waals surface area contributed by atoms with E-state index in [1.165, 1.54) is 0 Å². The molecule has 0 radical (unpaired) electrons. The maximum absolute atomic E-state index is 10.8. The lowest BCUT2D eigenvalue weighted by Crippen LogP contribution is -2.40. The van der Waals surface area contributed by atoms with E-state index in [0.717, 1.165) is 0 Å². The molecule has 0 aliphatic rings. The largest absolute Gasteiger partial charge is 0.382 e. The predicted molar refractivity (Wildman–Crippen MR) is 47.0 cm³/mol. The minimum atomic E-state index is -1.16. The average Bonchev–Trinajstić information content (AvgIpc) is 2.02. The van der Waals surface area contributed by atoms with Gasteiger partial charge in [0.1, 0.15) is 6.10 Å². The van der Waals surface area contributed by atoms with E-state index in [4.69, 9.17) is 10.8 Å². The summed E-state index contributed by atoms with van der Waals surface area (Å²) in [4.78, 5) is 10.8. The van der Waals surface area contributed by atoms with Crippen LogP contribution < -0.4 is 11.1 Å². The molecule has 0 bridgehead atoms. The molecule has 0 aromatic rings. The van der Waals surface area contributed by atoms with Crippen LogP contribution in [0.1, 0.15) is 0 Å². The normalized spacial score (nSPS) is 15.2. The van der Waals surface area contributed by atoms with Crippen molar-refractivity contribution in [1.29, 1.82) is 0 Å². The highest BCUT2D eigenvalue weighted by Crippen LogP contribution is 1.79. The molecule has 0 rings (SSSR count). The Kier molecular flexibility index (Phi) is 5.87. The second-order valence-corrected chi connectivity index (χ2v) is 3.87. The highest BCUT2D eigenvalue weighted by atomic mass is 32.2. The van der Waals surface area contributed by atoms with E-state index < -0.39 is 22.8 Å². The van der Waals surface area contributed by atoms with E-state index in [0.29, 0.717) is 12.3 Å². The van der Waals surface area contributed by atoms with Crippen LogP contribution in [0, 0.1) is 0 Å². The van der Waals surface area contributed by atoms with Crippen LogP contribution in [0.2, 0.25) is 0 Å². The molecule has 0 fully saturated rings. The van der Waals surface area contributed by atoms with Gasteiger partial charge < -0.3 is 16.2 Å². The molecule has 72 valence electrons. The first-order valence-electron chi connectivity index (χ1n) is 3.53. The molecule has 5 nitrogen and oxygen atoms in total. The second-order valence-electron chi connectivity index (χ2n) is 2.32. The topological polar surface area (TPSA) is 92.4 Å². The highest BCUT2D eigenvalue weighted by molar-refractivity contribution is 7.84. The number of aliphatic hydroxyl groups excluding tert-OH is 1. The molecule has 0 saturated heterocycles. The smallest absolute Gasteiger partial charge is 0.250 e. The highest BCUT2D eigenvalue weighted by Gasteiger charge is 2.11. The Morgan fingerprint density at radius 1 is 1.75 bits per heavy atom. The van der Waals surface area contributed by atoms with Crippen LogP contribution in [0.3, 0.4) is 0 Å². The summed E-state index contributed by atoms with van der Waals surface area (Å²) in [5, 5.41) is 11.3. The third kappa shape index (κ3) is 5.22. The molecular weight excluding hydrogens is 180 g/mol. The van der Waals surface area contributed by atoms with Crippen LogP contribution in [-0.2, 0) is 15.6 Å². The lowest BCUT2D eigenvalue weighted by atomic mass is 10.3. The fourth-order valence-electron chi connectivity index (χ4n) is 0.543. The molecule has 0 heterocycles. The summed E-state index contributed by atoms with van der Waals surface area (Å²) in [5.74, 6) is -0.119. The Labute approximate surface area is 73.8 Å². The van der Waals surface area contributed by atoms with Crippen LogP contribution in [0.25, 0.3) is 0 Å². The van der Waals surface area contributed by atoms with E-state index in [1.807, 2.05) is 0 Å². The van der Waals surface area contributed by atoms with Crippen molar-refractivity contribution in [3.63, 3.8) is 0 Å². The number of rotatable bonds is 5. The van der Waals surface area contributed by atoms with Crippen molar-refractivity contribution in [2.45, 2.75) is 6.10 Å². The number of nitrogens with one attached hydrogen (secondary N) is 1. The van der Waals surface area contributed by atoms with Crippen molar-refractivity contribution < 1.29 is 14.1 Å². The monoisotopic (exact) mass is 194 g/mol. The zero-order valence-corrected chi connectivity index (χ0v) is 7.76. The lowest BCUT2D eigenvalue weighted by molar-refractivity contribution is -0.128. The first-order valence-corrected chi connectivity index (χ1v) is 5.26. The number of nitrogens with two attached hydrogens (primary N) is 1. The Hall–Kier alpha value is -0.460. The third-order valence-electron chi connectivity index (χ3n) is 1.21. The Bertz CT molecular complexity index is 174. The summed E-state index contributed by atoms with van der Waals surface area (Å²) < 4.78 is 10.5. The van der Waals surface area contributed by atoms with E-state index in [2.05, 4.69) is 5.32 Å². The quantitative estimate of drug-likeness (QED) is 0.463. The summed E-state index contributed by atoms with van der Waals surface area (Å²) in [7, 11) is -0.925. The van der Waals surface area contributed by atoms with Crippen LogP contribution in [-0.4, -0.2) is 46.4 Å². The van der Waals surface area contributed by atoms with Gasteiger partial charge in [-0.25, -0.2) is 0 Å². The number of hydrogen-bond acceptors (Lipinski definition) is 4. The van der Waals surface area contributed by atoms with Crippen molar-refractivity contribution in [2.75, 3.05) is 25.1 Å². The van der Waals surface area contributed by atoms with Gasteiger partial charge in [0.15, 0.2) is 0 Å². The van der Waals surface area contributed by atoms with Crippen molar-refractivity contribution in [3.05, 3.63) is 0 Å². The maximum Gasteiger partial charge on any atom is 0.250 e. The molecule has 2 unspecified atom stereocenters. The molecular formula is C6H14N2O3S. The van der Waals surface area contributed by atoms with Crippen LogP contribution in [0.5, 0.6) is 0 Å². The van der Waals surface area contributed by atoms with Crippen molar-refractivity contribution in [2.24, 2.45) is 5.73 Å². The molecule has 0 aromatic heterocycles. The summed E-state index contributed by atoms with van der Waals surface area (Å²) in [5.41, 5.74) is 5.03. The van der Waals surface area contributed by atoms with Gasteiger partial charge >= 0.3 is 0 Å². The van der Waals surface area contributed by atoms with Gasteiger partial charge in [0, 0.05) is 35.9 Å². The zero-order valence-electron chi connectivity index (χ0n) is 6.95. The number of hydrogen-bond donors (Lipinski definition) is 3. The molecule has 0 saturated carbocycles. The van der Waals surface area contributed by atoms with Gasteiger partial charge in [0.25, 0.3) is 0 Å². The minimum absolute atomic E-state index is 0.0962. The van der Waals surface area contributed by atoms with Crippen LogP contribution in [0.4, 0.5) is 0 Å². The van der Waals surface area contributed by atoms with E-state index in [9.17, 15) is 9.00 Å². The third-order valence-corrected chi connectivity index (χ3v) is 1.99. The molecule has 0 spiro atoms. The molecule has 12 heavy (non-hydrogen) atoms. The van der Waals surface area contributed by atoms with Crippen molar-refractivity contribution >= 4 is 16.7 Å². The Morgan fingerprint density at radius 3 is 2.75 bits per heavy atom. The van der Waals surface area contributed by atoms with Gasteiger partial charge in [0.2, 0.25) is 5.91 Å². The molecule has 6 heteroatoms. The van der Waals surface area contributed by atoms with Gasteiger partial charge in [-0.05, 0) is 0 Å². The molecule has 0 aliphatic heterocycles. The fraction of sp³-hybridized carbons (Fsp3) is 0.833. The first-order chi connectivity index (χ1) is 5.57. The molecule has 4 N–H and O–H groups in total. The van der Waals surface area contributed by atoms with Gasteiger partial charge in [0.05, 0.1) is 0 Å². The minimum Gasteiger partial charge on any atom is -0.382 e. The summed E-state index contributed by atoms with van der Waals surface area (Å²) >= 11 is 0. The number of amides is 1. The standard InChI is InChI=1S/C6H14N2O3S/c1-12(11)3-2-8-6(10)5(9)4-7/h5,9H,2-4,7H2,1H3,(H,8,10). The Morgan fingerprint density at radius 2 is 2.33 bits per heavy atom. The number of aliphatic hydroxyl groups is 1. The average molecular weight is 194 g/mol. The van der Waals surface area contributed by atoms with Crippen LogP contribution in [0.15, 0.2) is 0 Å². The molecule has 0 aromatic carbocycles. The molecule has 2 atom stereocenters. The maximum atomic E-state index is 10.8. The Balaban J connectivity index is 3.50. The van der Waals surface area contributed by atoms with Gasteiger partial charge in [-0.2, -0.15) is 0 Å². The fourth-order valence-corrected chi connectivity index (χ4v) is 0.932. The van der Waals surface area contributed by atoms with E-state index in [1.54, 1.807) is 6.26 Å². The summed E-state index contributed by atoms with van der Waals surface area (Å²) in [6, 6.07) is 0. The lowest BCUT2D eigenvalue weighted by Gasteiger charge is -2.07. The van der Waals surface area contributed by atoms with Gasteiger partial charge in [-0.3, -0.25) is 9.00 Å². The summed E-state index contributed by atoms with van der Waals surface area (Å²) in [6.45, 7) is 0.208.